The molecule has 0 amide bonds. The summed E-state index contributed by atoms with van der Waals surface area (Å²) in [5.41, 5.74) is 7.86. The second kappa shape index (κ2) is 12.6. The molecule has 2 aliphatic heterocycles. The SMILES string of the molecule is CCOc1c(C(=O)O)cnn1-c1cccc(-c2cccc(C)c2OCc2cc(C)c3c(c2)CCN(C2CCCOC2)C3)n1. The summed E-state index contributed by atoms with van der Waals surface area (Å²) in [4.78, 5) is 19.1. The fourth-order valence-corrected chi connectivity index (χ4v) is 6.19. The minimum atomic E-state index is -1.10. The number of hydrogen-bond donors (Lipinski definition) is 1. The number of nitrogens with zero attached hydrogens (tertiary/aromatic N) is 4. The van der Waals surface area contributed by atoms with E-state index in [-0.39, 0.29) is 11.4 Å². The smallest absolute Gasteiger partial charge is 0.342 e. The van der Waals surface area contributed by atoms with Gasteiger partial charge in [-0.15, -0.1) is 0 Å². The molecule has 1 unspecified atom stereocenters. The average Bonchev–Trinajstić information content (AvgIpc) is 3.45. The Morgan fingerprint density at radius 2 is 1.98 bits per heavy atom. The van der Waals surface area contributed by atoms with Crippen molar-refractivity contribution in [2.24, 2.45) is 0 Å². The first kappa shape index (κ1) is 28.9. The number of aromatic carboxylic acids is 1. The number of carboxylic acids is 1. The van der Waals surface area contributed by atoms with E-state index >= 15 is 0 Å². The Morgan fingerprint density at radius 3 is 2.77 bits per heavy atom. The van der Waals surface area contributed by atoms with Crippen molar-refractivity contribution in [1.29, 1.82) is 0 Å². The van der Waals surface area contributed by atoms with E-state index in [9.17, 15) is 9.90 Å². The largest absolute Gasteiger partial charge is 0.488 e. The number of rotatable bonds is 9. The Bertz CT molecular complexity index is 1630. The van der Waals surface area contributed by atoms with Crippen molar-refractivity contribution in [2.75, 3.05) is 26.4 Å². The zero-order chi connectivity index (χ0) is 29.9. The molecule has 4 heterocycles. The number of pyridine rings is 1. The molecule has 43 heavy (non-hydrogen) atoms. The van der Waals surface area contributed by atoms with Crippen LogP contribution >= 0.6 is 0 Å². The van der Waals surface area contributed by atoms with Gasteiger partial charge in [0.25, 0.3) is 0 Å². The number of carbonyl (C=O) groups is 1. The second-order valence-corrected chi connectivity index (χ2v) is 11.3. The highest BCUT2D eigenvalue weighted by atomic mass is 16.5. The van der Waals surface area contributed by atoms with Gasteiger partial charge in [0.15, 0.2) is 5.82 Å². The van der Waals surface area contributed by atoms with Crippen molar-refractivity contribution in [3.63, 3.8) is 0 Å². The number of hydrogen-bond acceptors (Lipinski definition) is 7. The maximum absolute atomic E-state index is 11.7. The quantitative estimate of drug-likeness (QED) is 0.266. The lowest BCUT2D eigenvalue weighted by Gasteiger charge is -2.38. The number of aryl methyl sites for hydroxylation is 2. The van der Waals surface area contributed by atoms with E-state index < -0.39 is 5.97 Å². The Balaban J connectivity index is 1.24. The third kappa shape index (κ3) is 6.00. The summed E-state index contributed by atoms with van der Waals surface area (Å²) >= 11 is 0. The molecular formula is C34H38N4O5. The standard InChI is InChI=1S/C34H38N4O5/c1-4-42-33-28(34(39)40)18-35-38(33)31-12-6-11-30(36-31)27-10-5-8-22(2)32(27)43-20-24-16-23(3)29-19-37(14-13-25(29)17-24)26-9-7-15-41-21-26/h5-6,8,10-12,16-18,26H,4,7,9,13-15,19-21H2,1-3H3,(H,39,40). The van der Waals surface area contributed by atoms with Crippen molar-refractivity contribution in [1.82, 2.24) is 19.7 Å². The van der Waals surface area contributed by atoms with Gasteiger partial charge in [0.1, 0.15) is 17.9 Å². The molecule has 9 nitrogen and oxygen atoms in total. The molecule has 9 heteroatoms. The predicted molar refractivity (Wildman–Crippen MR) is 163 cm³/mol. The normalized spacial score (nSPS) is 17.0. The summed E-state index contributed by atoms with van der Waals surface area (Å²) < 4.78 is 19.3. The second-order valence-electron chi connectivity index (χ2n) is 11.3. The zero-order valence-corrected chi connectivity index (χ0v) is 25.0. The third-order valence-corrected chi connectivity index (χ3v) is 8.37. The zero-order valence-electron chi connectivity index (χ0n) is 25.0. The lowest BCUT2D eigenvalue weighted by atomic mass is 9.91. The minimum Gasteiger partial charge on any atom is -0.488 e. The first-order valence-electron chi connectivity index (χ1n) is 15.0. The molecule has 0 aliphatic carbocycles. The Kier molecular flexibility index (Phi) is 8.44. The number of para-hydroxylation sites is 1. The van der Waals surface area contributed by atoms with E-state index in [2.05, 4.69) is 29.1 Å². The van der Waals surface area contributed by atoms with Crippen molar-refractivity contribution >= 4 is 5.97 Å². The molecule has 0 spiro atoms. The van der Waals surface area contributed by atoms with Gasteiger partial charge in [0.2, 0.25) is 5.88 Å². The molecule has 2 aromatic heterocycles. The molecule has 0 bridgehead atoms. The molecule has 2 aromatic carbocycles. The summed E-state index contributed by atoms with van der Waals surface area (Å²) in [6.07, 6.45) is 4.68. The molecule has 224 valence electrons. The van der Waals surface area contributed by atoms with Crippen LogP contribution in [0.1, 0.15) is 57.9 Å². The van der Waals surface area contributed by atoms with Crippen LogP contribution in [-0.2, 0) is 24.3 Å². The van der Waals surface area contributed by atoms with Crippen LogP contribution in [0.25, 0.3) is 17.1 Å². The Hall–Kier alpha value is -4.21. The molecule has 6 rings (SSSR count). The van der Waals surface area contributed by atoms with Crippen molar-refractivity contribution in [2.45, 2.75) is 59.2 Å². The summed E-state index contributed by atoms with van der Waals surface area (Å²) in [6.45, 7) is 10.6. The van der Waals surface area contributed by atoms with Crippen LogP contribution in [0.2, 0.25) is 0 Å². The van der Waals surface area contributed by atoms with Crippen LogP contribution in [0.15, 0.2) is 54.7 Å². The van der Waals surface area contributed by atoms with Crippen LogP contribution in [0, 0.1) is 13.8 Å². The highest BCUT2D eigenvalue weighted by molar-refractivity contribution is 5.90. The molecule has 0 saturated carbocycles. The highest BCUT2D eigenvalue weighted by Crippen LogP contribution is 2.34. The number of fused-ring (bicyclic) bond motifs is 1. The van der Waals surface area contributed by atoms with Gasteiger partial charge in [-0.3, -0.25) is 4.90 Å². The van der Waals surface area contributed by atoms with E-state index in [4.69, 9.17) is 19.2 Å². The molecular weight excluding hydrogens is 544 g/mol. The maximum Gasteiger partial charge on any atom is 0.342 e. The monoisotopic (exact) mass is 582 g/mol. The van der Waals surface area contributed by atoms with E-state index in [1.165, 1.54) is 34.0 Å². The molecule has 2 aliphatic rings. The molecule has 1 atom stereocenters. The van der Waals surface area contributed by atoms with Gasteiger partial charge >= 0.3 is 5.97 Å². The first-order valence-corrected chi connectivity index (χ1v) is 15.0. The van der Waals surface area contributed by atoms with Crippen LogP contribution < -0.4 is 9.47 Å². The van der Waals surface area contributed by atoms with Gasteiger partial charge < -0.3 is 19.3 Å². The van der Waals surface area contributed by atoms with Crippen LogP contribution in [0.5, 0.6) is 11.6 Å². The van der Waals surface area contributed by atoms with Gasteiger partial charge in [0, 0.05) is 31.3 Å². The van der Waals surface area contributed by atoms with Gasteiger partial charge in [-0.05, 0) is 86.1 Å². The van der Waals surface area contributed by atoms with Crippen LogP contribution in [-0.4, -0.2) is 63.1 Å². The van der Waals surface area contributed by atoms with Gasteiger partial charge in [-0.2, -0.15) is 9.78 Å². The first-order chi connectivity index (χ1) is 20.9. The fraction of sp³-hybridized carbons (Fsp3) is 0.382. The maximum atomic E-state index is 11.7. The number of aromatic nitrogens is 3. The molecule has 1 N–H and O–H groups in total. The van der Waals surface area contributed by atoms with Crippen molar-refractivity contribution < 1.29 is 24.1 Å². The number of ether oxygens (including phenoxy) is 3. The predicted octanol–water partition coefficient (Wildman–Crippen LogP) is 5.76. The Morgan fingerprint density at radius 1 is 1.12 bits per heavy atom. The topological polar surface area (TPSA) is 98.9 Å². The van der Waals surface area contributed by atoms with E-state index in [1.54, 1.807) is 13.0 Å². The van der Waals surface area contributed by atoms with Crippen LogP contribution in [0.4, 0.5) is 0 Å². The number of carboxylic acid groups (broad SMARTS) is 1. The van der Waals surface area contributed by atoms with Crippen molar-refractivity contribution in [3.8, 4) is 28.7 Å². The minimum absolute atomic E-state index is 0.00955. The van der Waals surface area contributed by atoms with E-state index in [0.717, 1.165) is 61.6 Å². The summed E-state index contributed by atoms with van der Waals surface area (Å²) in [5.74, 6) is 0.273. The average molecular weight is 583 g/mol. The highest BCUT2D eigenvalue weighted by Gasteiger charge is 2.27. The third-order valence-electron chi connectivity index (χ3n) is 8.37. The molecule has 1 saturated heterocycles. The summed E-state index contributed by atoms with van der Waals surface area (Å²) in [5, 5.41) is 13.8. The molecule has 0 radical (unpaired) electrons. The van der Waals surface area contributed by atoms with Gasteiger partial charge in [-0.1, -0.05) is 30.3 Å². The number of benzene rings is 2. The Labute approximate surface area is 252 Å². The lowest BCUT2D eigenvalue weighted by Crippen LogP contribution is -2.44. The summed E-state index contributed by atoms with van der Waals surface area (Å²) in [7, 11) is 0. The molecule has 4 aromatic rings. The lowest BCUT2D eigenvalue weighted by molar-refractivity contribution is 0.0124. The van der Waals surface area contributed by atoms with Gasteiger partial charge in [-0.25, -0.2) is 9.78 Å². The van der Waals surface area contributed by atoms with E-state index in [0.29, 0.717) is 30.8 Å². The fourth-order valence-electron chi connectivity index (χ4n) is 6.19. The van der Waals surface area contributed by atoms with Crippen LogP contribution in [0.3, 0.4) is 0 Å². The molecule has 1 fully saturated rings. The van der Waals surface area contributed by atoms with E-state index in [1.807, 2.05) is 37.3 Å². The van der Waals surface area contributed by atoms with Gasteiger partial charge in [0.05, 0.1) is 25.1 Å². The summed E-state index contributed by atoms with van der Waals surface area (Å²) in [6, 6.07) is 16.7. The van der Waals surface area contributed by atoms with Crippen molar-refractivity contribution in [3.05, 3.63) is 88.1 Å².